The predicted octanol–water partition coefficient (Wildman–Crippen LogP) is 5.44. The van der Waals surface area contributed by atoms with Gasteiger partial charge in [-0.1, -0.05) is 47.5 Å². The average molecular weight is 513 g/mol. The maximum atomic E-state index is 13.4. The lowest BCUT2D eigenvalue weighted by Crippen LogP contribution is -2.51. The molecule has 4 rings (SSSR count). The topological polar surface area (TPSA) is 67.9 Å². The maximum Gasteiger partial charge on any atom is 0.254 e. The van der Waals surface area contributed by atoms with Crippen LogP contribution in [0.2, 0.25) is 10.0 Å². The minimum absolute atomic E-state index is 0.110. The zero-order chi connectivity index (χ0) is 24.9. The third kappa shape index (κ3) is 5.55. The standard InChI is InChI=1S/C27H26Cl2N2O4/c1-34-24-12-9-18(15-25(24)35-2)27(33)31-14-13-23(21(16-31)17-7-10-19(28)11-8-17)30-26(32)20-5-3-4-6-22(20)29/h3-12,15,21,23H,13-14,16H2,1-2H3,(H,30,32)/t21-,23+/m1/s1. The number of hydrogen-bond acceptors (Lipinski definition) is 4. The van der Waals surface area contributed by atoms with Gasteiger partial charge in [-0.2, -0.15) is 0 Å². The fraction of sp³-hybridized carbons (Fsp3) is 0.259. The van der Waals surface area contributed by atoms with Crippen LogP contribution in [0.5, 0.6) is 11.5 Å². The number of rotatable bonds is 6. The summed E-state index contributed by atoms with van der Waals surface area (Å²) in [4.78, 5) is 28.2. The zero-order valence-electron chi connectivity index (χ0n) is 19.5. The Kier molecular flexibility index (Phi) is 7.83. The van der Waals surface area contributed by atoms with Crippen molar-refractivity contribution in [2.24, 2.45) is 0 Å². The van der Waals surface area contributed by atoms with Crippen LogP contribution in [0.3, 0.4) is 0 Å². The van der Waals surface area contributed by atoms with Gasteiger partial charge in [0.25, 0.3) is 11.8 Å². The molecule has 0 radical (unpaired) electrons. The number of amides is 2. The lowest BCUT2D eigenvalue weighted by atomic mass is 9.85. The molecule has 0 bridgehead atoms. The lowest BCUT2D eigenvalue weighted by molar-refractivity contribution is 0.0671. The van der Waals surface area contributed by atoms with Crippen LogP contribution >= 0.6 is 23.2 Å². The number of benzene rings is 3. The number of hydrogen-bond donors (Lipinski definition) is 1. The Hall–Kier alpha value is -3.22. The fourth-order valence-corrected chi connectivity index (χ4v) is 4.75. The Labute approximate surface area is 214 Å². The van der Waals surface area contributed by atoms with Crippen molar-refractivity contribution in [3.05, 3.63) is 93.5 Å². The molecule has 1 saturated heterocycles. The van der Waals surface area contributed by atoms with Gasteiger partial charge in [0, 0.05) is 35.6 Å². The molecule has 2 amide bonds. The molecule has 0 aromatic heterocycles. The Morgan fingerprint density at radius 3 is 2.34 bits per heavy atom. The Morgan fingerprint density at radius 1 is 0.943 bits per heavy atom. The van der Waals surface area contributed by atoms with E-state index in [9.17, 15) is 9.59 Å². The lowest BCUT2D eigenvalue weighted by Gasteiger charge is -2.39. The van der Waals surface area contributed by atoms with Gasteiger partial charge in [0.15, 0.2) is 11.5 Å². The van der Waals surface area contributed by atoms with E-state index < -0.39 is 0 Å². The van der Waals surface area contributed by atoms with E-state index in [4.69, 9.17) is 32.7 Å². The molecule has 0 aliphatic carbocycles. The predicted molar refractivity (Wildman–Crippen MR) is 137 cm³/mol. The molecule has 1 aliphatic rings. The highest BCUT2D eigenvalue weighted by Crippen LogP contribution is 2.32. The van der Waals surface area contributed by atoms with Gasteiger partial charge in [-0.3, -0.25) is 9.59 Å². The molecule has 3 aromatic rings. The highest BCUT2D eigenvalue weighted by atomic mass is 35.5. The van der Waals surface area contributed by atoms with Crippen molar-refractivity contribution in [3.8, 4) is 11.5 Å². The van der Waals surface area contributed by atoms with Crippen LogP contribution in [0.4, 0.5) is 0 Å². The number of ether oxygens (including phenoxy) is 2. The summed E-state index contributed by atoms with van der Waals surface area (Å²) in [6.45, 7) is 0.924. The van der Waals surface area contributed by atoms with Gasteiger partial charge in [-0.05, 0) is 54.4 Å². The van der Waals surface area contributed by atoms with Crippen LogP contribution in [-0.4, -0.2) is 50.1 Å². The van der Waals surface area contributed by atoms with Crippen LogP contribution < -0.4 is 14.8 Å². The number of carbonyl (C=O) groups is 2. The highest BCUT2D eigenvalue weighted by molar-refractivity contribution is 6.33. The fourth-order valence-electron chi connectivity index (χ4n) is 4.40. The summed E-state index contributed by atoms with van der Waals surface area (Å²) in [7, 11) is 3.09. The Morgan fingerprint density at radius 2 is 1.66 bits per heavy atom. The molecule has 1 heterocycles. The monoisotopic (exact) mass is 512 g/mol. The highest BCUT2D eigenvalue weighted by Gasteiger charge is 2.34. The summed E-state index contributed by atoms with van der Waals surface area (Å²) < 4.78 is 10.6. The summed E-state index contributed by atoms with van der Waals surface area (Å²) in [5.74, 6) is 0.579. The Bertz CT molecular complexity index is 1220. The molecular formula is C27H26Cl2N2O4. The van der Waals surface area contributed by atoms with Crippen molar-refractivity contribution >= 4 is 35.0 Å². The van der Waals surface area contributed by atoms with Crippen molar-refractivity contribution in [3.63, 3.8) is 0 Å². The van der Waals surface area contributed by atoms with E-state index in [1.165, 1.54) is 7.11 Å². The molecule has 8 heteroatoms. The summed E-state index contributed by atoms with van der Waals surface area (Å²) in [5.41, 5.74) is 1.92. The molecule has 2 atom stereocenters. The van der Waals surface area contributed by atoms with Crippen LogP contribution in [0.1, 0.15) is 38.6 Å². The smallest absolute Gasteiger partial charge is 0.254 e. The molecule has 0 unspecified atom stereocenters. The molecular weight excluding hydrogens is 487 g/mol. The minimum Gasteiger partial charge on any atom is -0.493 e. The SMILES string of the molecule is COc1ccc(C(=O)N2CC[C@H](NC(=O)c3ccccc3Cl)[C@@H](c3ccc(Cl)cc3)C2)cc1OC. The van der Waals surface area contributed by atoms with Gasteiger partial charge in [-0.25, -0.2) is 0 Å². The number of piperidine rings is 1. The summed E-state index contributed by atoms with van der Waals surface area (Å²) >= 11 is 12.3. The van der Waals surface area contributed by atoms with Gasteiger partial charge in [0.05, 0.1) is 24.8 Å². The molecule has 0 saturated carbocycles. The maximum absolute atomic E-state index is 13.4. The Balaban J connectivity index is 1.58. The summed E-state index contributed by atoms with van der Waals surface area (Å²) in [6, 6.07) is 19.4. The van der Waals surface area contributed by atoms with Crippen molar-refractivity contribution < 1.29 is 19.1 Å². The third-order valence-corrected chi connectivity index (χ3v) is 6.85. The number of halogens is 2. The van der Waals surface area contributed by atoms with Crippen LogP contribution in [0.25, 0.3) is 0 Å². The number of nitrogens with zero attached hydrogens (tertiary/aromatic N) is 1. The van der Waals surface area contributed by atoms with Crippen LogP contribution in [-0.2, 0) is 0 Å². The number of carbonyl (C=O) groups excluding carboxylic acids is 2. The third-order valence-electron chi connectivity index (χ3n) is 6.26. The van der Waals surface area contributed by atoms with E-state index >= 15 is 0 Å². The first kappa shape index (κ1) is 24.9. The number of likely N-dealkylation sites (tertiary alicyclic amines) is 1. The van der Waals surface area contributed by atoms with E-state index in [0.717, 1.165) is 5.56 Å². The van der Waals surface area contributed by atoms with E-state index in [2.05, 4.69) is 5.32 Å². The van der Waals surface area contributed by atoms with Crippen molar-refractivity contribution in [1.29, 1.82) is 0 Å². The van der Waals surface area contributed by atoms with Crippen LogP contribution in [0, 0.1) is 0 Å². The van der Waals surface area contributed by atoms with Gasteiger partial charge >= 0.3 is 0 Å². The average Bonchev–Trinajstić information content (AvgIpc) is 2.88. The zero-order valence-corrected chi connectivity index (χ0v) is 21.0. The van der Waals surface area contributed by atoms with Gasteiger partial charge < -0.3 is 19.7 Å². The molecule has 1 N–H and O–H groups in total. The number of methoxy groups -OCH3 is 2. The molecule has 1 fully saturated rings. The quantitative estimate of drug-likeness (QED) is 0.477. The summed E-state index contributed by atoms with van der Waals surface area (Å²) in [6.07, 6.45) is 0.586. The number of nitrogens with one attached hydrogen (secondary N) is 1. The molecule has 0 spiro atoms. The van der Waals surface area contributed by atoms with Crippen molar-refractivity contribution in [2.45, 2.75) is 18.4 Å². The first-order valence-corrected chi connectivity index (χ1v) is 12.0. The molecule has 1 aliphatic heterocycles. The second kappa shape index (κ2) is 11.0. The first-order chi connectivity index (χ1) is 16.9. The minimum atomic E-state index is -0.237. The first-order valence-electron chi connectivity index (χ1n) is 11.2. The van der Waals surface area contributed by atoms with Crippen molar-refractivity contribution in [1.82, 2.24) is 10.2 Å². The van der Waals surface area contributed by atoms with Crippen molar-refractivity contribution in [2.75, 3.05) is 27.3 Å². The molecule has 3 aromatic carbocycles. The normalized spacial score (nSPS) is 17.5. The van der Waals surface area contributed by atoms with Gasteiger partial charge in [0.2, 0.25) is 0 Å². The van der Waals surface area contributed by atoms with E-state index in [1.807, 2.05) is 24.3 Å². The summed E-state index contributed by atoms with van der Waals surface area (Å²) in [5, 5.41) is 4.16. The van der Waals surface area contributed by atoms with Crippen LogP contribution in [0.15, 0.2) is 66.7 Å². The molecule has 35 heavy (non-hydrogen) atoms. The second-order valence-electron chi connectivity index (χ2n) is 8.33. The van der Waals surface area contributed by atoms with E-state index in [1.54, 1.807) is 54.5 Å². The second-order valence-corrected chi connectivity index (χ2v) is 9.17. The van der Waals surface area contributed by atoms with E-state index in [-0.39, 0.29) is 23.8 Å². The largest absolute Gasteiger partial charge is 0.493 e. The van der Waals surface area contributed by atoms with Gasteiger partial charge in [-0.15, -0.1) is 0 Å². The van der Waals surface area contributed by atoms with E-state index in [0.29, 0.717) is 52.2 Å². The molecule has 6 nitrogen and oxygen atoms in total. The molecule has 182 valence electrons. The van der Waals surface area contributed by atoms with Gasteiger partial charge in [0.1, 0.15) is 0 Å².